The van der Waals surface area contributed by atoms with Crippen LogP contribution in [0.15, 0.2) is 16.4 Å². The van der Waals surface area contributed by atoms with Crippen LogP contribution < -0.4 is 15.4 Å². The number of alkyl halides is 3. The summed E-state index contributed by atoms with van der Waals surface area (Å²) in [4.78, 5) is 37.3. The molecule has 0 N–H and O–H groups in total. The molecule has 8 nitrogen and oxygen atoms in total. The van der Waals surface area contributed by atoms with E-state index in [0.717, 1.165) is 22.7 Å². The molecule has 5 rings (SSSR count). The first-order chi connectivity index (χ1) is 14.7. The topological polar surface area (TPSA) is 80.6 Å². The molecule has 2 aromatic heterocycles. The van der Waals surface area contributed by atoms with Gasteiger partial charge in [-0.15, -0.1) is 11.3 Å². The van der Waals surface area contributed by atoms with Gasteiger partial charge in [0.15, 0.2) is 5.78 Å². The van der Waals surface area contributed by atoms with Gasteiger partial charge in [-0.2, -0.15) is 18.2 Å². The molecule has 3 atom stereocenters. The molecule has 0 aliphatic carbocycles. The van der Waals surface area contributed by atoms with Gasteiger partial charge in [0, 0.05) is 19.2 Å². The number of aryl methyl sites for hydroxylation is 1. The van der Waals surface area contributed by atoms with Gasteiger partial charge in [0.05, 0.1) is 41.4 Å². The number of Topliss-reactive ketones (excluding diaryl/α,β-unsaturated/α-hetero) is 1. The largest absolute Gasteiger partial charge is 0.408 e. The monoisotopic (exact) mass is 455 g/mol. The standard InChI is InChI=1S/C19H20F3N5O3S/c1-10-17(31-9-23-10)13(28)7-27-14(19(20,21)22)2-3-25-16(29)5-15(24-18(25)27)26-6-12-4-11(26)8-30-12/h5,9,11-12,14H,2-4,6-8H2,1H3/t11?,12?,14-/m0/s1. The van der Waals surface area contributed by atoms with Gasteiger partial charge in [0.1, 0.15) is 11.9 Å². The summed E-state index contributed by atoms with van der Waals surface area (Å²) in [5, 5.41) is 0. The molecule has 0 saturated carbocycles. The Morgan fingerprint density at radius 1 is 1.39 bits per heavy atom. The number of halogens is 3. The molecule has 31 heavy (non-hydrogen) atoms. The Kier molecular flexibility index (Phi) is 4.81. The van der Waals surface area contributed by atoms with E-state index < -0.39 is 30.1 Å². The molecule has 2 saturated heterocycles. The van der Waals surface area contributed by atoms with Crippen molar-refractivity contribution in [3.8, 4) is 0 Å². The number of rotatable bonds is 4. The number of carbonyl (C=O) groups excluding carboxylic acids is 1. The van der Waals surface area contributed by atoms with Crippen LogP contribution in [0.4, 0.5) is 24.9 Å². The molecule has 3 aliphatic rings. The Hall–Kier alpha value is -2.47. The molecule has 2 aromatic rings. The van der Waals surface area contributed by atoms with Crippen molar-refractivity contribution in [3.63, 3.8) is 0 Å². The number of aromatic nitrogens is 3. The van der Waals surface area contributed by atoms with Crippen molar-refractivity contribution in [2.24, 2.45) is 0 Å². The molecule has 0 amide bonds. The number of ketones is 1. The third kappa shape index (κ3) is 3.51. The number of hydrogen-bond donors (Lipinski definition) is 0. The molecular weight excluding hydrogens is 435 g/mol. The number of hydrogen-bond acceptors (Lipinski definition) is 8. The minimum atomic E-state index is -4.57. The fourth-order valence-corrected chi connectivity index (χ4v) is 5.34. The molecule has 2 fully saturated rings. The molecule has 3 aliphatic heterocycles. The van der Waals surface area contributed by atoms with E-state index in [-0.39, 0.29) is 31.1 Å². The number of fused-ring (bicyclic) bond motifs is 3. The average Bonchev–Trinajstić information content (AvgIpc) is 3.44. The van der Waals surface area contributed by atoms with Gasteiger partial charge in [-0.1, -0.05) is 0 Å². The Morgan fingerprint density at radius 3 is 2.81 bits per heavy atom. The van der Waals surface area contributed by atoms with Crippen LogP contribution >= 0.6 is 11.3 Å². The Morgan fingerprint density at radius 2 is 2.19 bits per heavy atom. The van der Waals surface area contributed by atoms with E-state index in [9.17, 15) is 22.8 Å². The van der Waals surface area contributed by atoms with Crippen molar-refractivity contribution >= 4 is 28.9 Å². The molecular formula is C19H20F3N5O3S. The fourth-order valence-electron chi connectivity index (χ4n) is 4.60. The number of ether oxygens (including phenoxy) is 1. The highest BCUT2D eigenvalue weighted by Gasteiger charge is 2.48. The SMILES string of the molecule is Cc1ncsc1C(=O)CN1c2nc(N3CC4CC3CO4)cc(=O)n2CC[C@H]1C(F)(F)F. The van der Waals surface area contributed by atoms with Crippen LogP contribution in [0.1, 0.15) is 28.2 Å². The summed E-state index contributed by atoms with van der Waals surface area (Å²) in [7, 11) is 0. The number of anilines is 2. The van der Waals surface area contributed by atoms with E-state index in [1.807, 2.05) is 4.90 Å². The molecule has 0 spiro atoms. The lowest BCUT2D eigenvalue weighted by atomic mass is 10.1. The lowest BCUT2D eigenvalue weighted by molar-refractivity contribution is -0.152. The zero-order valence-electron chi connectivity index (χ0n) is 16.6. The van der Waals surface area contributed by atoms with E-state index >= 15 is 0 Å². The summed E-state index contributed by atoms with van der Waals surface area (Å²) < 4.78 is 48.4. The summed E-state index contributed by atoms with van der Waals surface area (Å²) in [5.74, 6) is -0.257. The van der Waals surface area contributed by atoms with Crippen molar-refractivity contribution < 1.29 is 22.7 Å². The van der Waals surface area contributed by atoms with Crippen molar-refractivity contribution in [2.75, 3.05) is 29.5 Å². The molecule has 12 heteroatoms. The Balaban J connectivity index is 1.55. The maximum atomic E-state index is 13.9. The summed E-state index contributed by atoms with van der Waals surface area (Å²) >= 11 is 1.09. The highest BCUT2D eigenvalue weighted by molar-refractivity contribution is 7.12. The van der Waals surface area contributed by atoms with Crippen molar-refractivity contribution in [1.82, 2.24) is 14.5 Å². The second-order valence-corrected chi connectivity index (χ2v) is 8.92. The average molecular weight is 455 g/mol. The third-order valence-corrected chi connectivity index (χ3v) is 7.09. The molecule has 2 bridgehead atoms. The summed E-state index contributed by atoms with van der Waals surface area (Å²) in [6.07, 6.45) is -4.05. The predicted molar refractivity (Wildman–Crippen MR) is 107 cm³/mol. The third-order valence-electron chi connectivity index (χ3n) is 6.12. The van der Waals surface area contributed by atoms with Gasteiger partial charge < -0.3 is 14.5 Å². The smallest absolute Gasteiger partial charge is 0.374 e. The van der Waals surface area contributed by atoms with Gasteiger partial charge in [0.25, 0.3) is 5.56 Å². The van der Waals surface area contributed by atoms with E-state index in [0.29, 0.717) is 29.5 Å². The molecule has 0 radical (unpaired) electrons. The zero-order valence-corrected chi connectivity index (χ0v) is 17.4. The van der Waals surface area contributed by atoms with Crippen LogP contribution in [-0.4, -0.2) is 64.4 Å². The zero-order chi connectivity index (χ0) is 21.9. The second-order valence-electron chi connectivity index (χ2n) is 8.07. The van der Waals surface area contributed by atoms with Crippen LogP contribution in [0.25, 0.3) is 0 Å². The first-order valence-electron chi connectivity index (χ1n) is 9.99. The van der Waals surface area contributed by atoms with Gasteiger partial charge >= 0.3 is 6.18 Å². The molecule has 2 unspecified atom stereocenters. The van der Waals surface area contributed by atoms with Crippen LogP contribution in [-0.2, 0) is 11.3 Å². The van der Waals surface area contributed by atoms with E-state index in [1.165, 1.54) is 16.1 Å². The number of carbonyl (C=O) groups is 1. The maximum Gasteiger partial charge on any atom is 0.408 e. The maximum absolute atomic E-state index is 13.9. The Labute approximate surface area is 179 Å². The van der Waals surface area contributed by atoms with Crippen LogP contribution in [0.2, 0.25) is 0 Å². The van der Waals surface area contributed by atoms with Crippen molar-refractivity contribution in [2.45, 2.75) is 50.7 Å². The minimum Gasteiger partial charge on any atom is -0.374 e. The van der Waals surface area contributed by atoms with E-state index in [2.05, 4.69) is 9.97 Å². The molecule has 5 heterocycles. The van der Waals surface area contributed by atoms with Crippen molar-refractivity contribution in [3.05, 3.63) is 32.5 Å². The van der Waals surface area contributed by atoms with Gasteiger partial charge in [-0.05, 0) is 19.8 Å². The fraction of sp³-hybridized carbons (Fsp3) is 0.579. The first-order valence-corrected chi connectivity index (χ1v) is 10.9. The summed E-state index contributed by atoms with van der Waals surface area (Å²) in [6, 6.07) is -0.479. The highest BCUT2D eigenvalue weighted by atomic mass is 32.1. The van der Waals surface area contributed by atoms with Gasteiger partial charge in [-0.3, -0.25) is 14.2 Å². The lowest BCUT2D eigenvalue weighted by Crippen LogP contribution is -2.54. The minimum absolute atomic E-state index is 0.0421. The summed E-state index contributed by atoms with van der Waals surface area (Å²) in [6.45, 7) is 2.05. The lowest BCUT2D eigenvalue weighted by Gasteiger charge is -2.39. The van der Waals surface area contributed by atoms with Crippen LogP contribution in [0.3, 0.4) is 0 Å². The van der Waals surface area contributed by atoms with Gasteiger partial charge in [0.2, 0.25) is 5.95 Å². The predicted octanol–water partition coefficient (Wildman–Crippen LogP) is 2.01. The van der Waals surface area contributed by atoms with E-state index in [1.54, 1.807) is 6.92 Å². The normalized spacial score (nSPS) is 25.2. The summed E-state index contributed by atoms with van der Waals surface area (Å²) in [5.41, 5.74) is 1.54. The Bertz CT molecular complexity index is 1080. The quantitative estimate of drug-likeness (QED) is 0.653. The number of nitrogens with zero attached hydrogens (tertiary/aromatic N) is 5. The van der Waals surface area contributed by atoms with E-state index in [4.69, 9.17) is 4.74 Å². The number of morpholine rings is 1. The molecule has 0 aromatic carbocycles. The molecule has 166 valence electrons. The first kappa shape index (κ1) is 20.4. The number of thiazole rings is 1. The second kappa shape index (κ2) is 7.30. The highest BCUT2D eigenvalue weighted by Crippen LogP contribution is 2.36. The van der Waals surface area contributed by atoms with Crippen LogP contribution in [0.5, 0.6) is 0 Å². The van der Waals surface area contributed by atoms with Crippen LogP contribution in [0, 0.1) is 6.92 Å². The van der Waals surface area contributed by atoms with Gasteiger partial charge in [-0.25, -0.2) is 4.98 Å². The van der Waals surface area contributed by atoms with Crippen molar-refractivity contribution in [1.29, 1.82) is 0 Å².